The fraction of sp³-hybridized carbons (Fsp3) is 0.500. The van der Waals surface area contributed by atoms with E-state index in [9.17, 15) is 13.2 Å². The summed E-state index contributed by atoms with van der Waals surface area (Å²) < 4.78 is 25.2. The van der Waals surface area contributed by atoms with Gasteiger partial charge >= 0.3 is 5.97 Å². The molecule has 1 fully saturated rings. The van der Waals surface area contributed by atoms with Gasteiger partial charge in [0.25, 0.3) is 0 Å². The van der Waals surface area contributed by atoms with E-state index >= 15 is 0 Å². The van der Waals surface area contributed by atoms with Crippen molar-refractivity contribution in [3.8, 4) is 0 Å². The van der Waals surface area contributed by atoms with E-state index in [2.05, 4.69) is 0 Å². The number of carboxylic acid groups (broad SMARTS) is 1. The zero-order chi connectivity index (χ0) is 14.9. The molecule has 2 unspecified atom stereocenters. The van der Waals surface area contributed by atoms with Crippen molar-refractivity contribution in [1.82, 2.24) is 0 Å². The number of sulfone groups is 1. The molecule has 0 aliphatic heterocycles. The first-order valence-corrected chi connectivity index (χ1v) is 8.51. The van der Waals surface area contributed by atoms with E-state index in [1.54, 1.807) is 0 Å². The lowest BCUT2D eigenvalue weighted by molar-refractivity contribution is 0.0697. The van der Waals surface area contributed by atoms with Gasteiger partial charge < -0.3 is 5.11 Å². The van der Waals surface area contributed by atoms with Crippen molar-refractivity contribution in [2.75, 3.05) is 0 Å². The Kier molecular flexibility index (Phi) is 4.39. The summed E-state index contributed by atoms with van der Waals surface area (Å²) in [5, 5.41) is 8.66. The molecule has 0 radical (unpaired) electrons. The molecule has 1 N–H and O–H groups in total. The lowest BCUT2D eigenvalue weighted by Gasteiger charge is -2.26. The van der Waals surface area contributed by atoms with Gasteiger partial charge in [-0.25, -0.2) is 13.2 Å². The molecule has 20 heavy (non-hydrogen) atoms. The van der Waals surface area contributed by atoms with Gasteiger partial charge in [0.2, 0.25) is 0 Å². The largest absolute Gasteiger partial charge is 0.478 e. The summed E-state index contributed by atoms with van der Waals surface area (Å²) in [5.74, 6) is -0.834. The van der Waals surface area contributed by atoms with E-state index in [4.69, 9.17) is 16.7 Å². The second-order valence-corrected chi connectivity index (χ2v) is 8.02. The van der Waals surface area contributed by atoms with E-state index in [1.807, 2.05) is 6.92 Å². The molecule has 4 nitrogen and oxygen atoms in total. The quantitative estimate of drug-likeness (QED) is 0.927. The number of carboxylic acids is 1. The predicted octanol–water partition coefficient (Wildman–Crippen LogP) is 3.39. The zero-order valence-electron chi connectivity index (χ0n) is 11.2. The molecule has 0 aromatic heterocycles. The van der Waals surface area contributed by atoms with Crippen LogP contribution in [0.4, 0.5) is 0 Å². The summed E-state index contributed by atoms with van der Waals surface area (Å²) in [6.45, 7) is 2.05. The first kappa shape index (κ1) is 15.3. The Bertz CT molecular complexity index is 624. The van der Waals surface area contributed by atoms with Gasteiger partial charge in [0, 0.05) is 0 Å². The highest BCUT2D eigenvalue weighted by atomic mass is 35.5. The van der Waals surface area contributed by atoms with E-state index in [0.717, 1.165) is 12.8 Å². The first-order chi connectivity index (χ1) is 9.32. The maximum atomic E-state index is 12.6. The average molecular weight is 317 g/mol. The molecule has 0 amide bonds. The van der Waals surface area contributed by atoms with E-state index in [-0.39, 0.29) is 15.5 Å². The number of hydrogen-bond acceptors (Lipinski definition) is 3. The molecule has 110 valence electrons. The average Bonchev–Trinajstić information content (AvgIpc) is 2.38. The maximum absolute atomic E-state index is 12.6. The summed E-state index contributed by atoms with van der Waals surface area (Å²) in [6.07, 6.45) is 3.21. The lowest BCUT2D eigenvalue weighted by atomic mass is 9.91. The third-order valence-corrected chi connectivity index (χ3v) is 6.37. The van der Waals surface area contributed by atoms with Crippen molar-refractivity contribution in [1.29, 1.82) is 0 Å². The maximum Gasteiger partial charge on any atom is 0.337 e. The van der Waals surface area contributed by atoms with Crippen molar-refractivity contribution in [3.05, 3.63) is 28.8 Å². The molecule has 0 heterocycles. The summed E-state index contributed by atoms with van der Waals surface area (Å²) in [6, 6.07) is 3.90. The van der Waals surface area contributed by atoms with Crippen LogP contribution in [0.25, 0.3) is 0 Å². The number of carbonyl (C=O) groups is 1. The number of rotatable bonds is 3. The third-order valence-electron chi connectivity index (χ3n) is 3.82. The van der Waals surface area contributed by atoms with Crippen LogP contribution in [-0.4, -0.2) is 24.7 Å². The van der Waals surface area contributed by atoms with Gasteiger partial charge in [0.05, 0.1) is 20.7 Å². The third kappa shape index (κ3) is 2.99. The number of halogens is 1. The van der Waals surface area contributed by atoms with Crippen molar-refractivity contribution in [2.45, 2.75) is 42.8 Å². The van der Waals surface area contributed by atoms with Gasteiger partial charge in [-0.3, -0.25) is 0 Å². The van der Waals surface area contributed by atoms with Crippen molar-refractivity contribution < 1.29 is 18.3 Å². The molecule has 0 bridgehead atoms. The molecule has 1 aromatic carbocycles. The summed E-state index contributed by atoms with van der Waals surface area (Å²) in [7, 11) is -3.49. The van der Waals surface area contributed by atoms with Crippen molar-refractivity contribution in [2.24, 2.45) is 5.92 Å². The van der Waals surface area contributed by atoms with Gasteiger partial charge in [0.1, 0.15) is 0 Å². The number of hydrogen-bond donors (Lipinski definition) is 1. The van der Waals surface area contributed by atoms with E-state index < -0.39 is 21.1 Å². The van der Waals surface area contributed by atoms with E-state index in [1.165, 1.54) is 18.2 Å². The fourth-order valence-corrected chi connectivity index (χ4v) is 4.88. The second-order valence-electron chi connectivity index (χ2n) is 5.39. The Labute approximate surface area is 123 Å². The monoisotopic (exact) mass is 316 g/mol. The van der Waals surface area contributed by atoms with Crippen LogP contribution in [-0.2, 0) is 9.84 Å². The highest BCUT2D eigenvalue weighted by Crippen LogP contribution is 2.32. The number of aromatic carboxylic acids is 1. The van der Waals surface area contributed by atoms with Crippen LogP contribution < -0.4 is 0 Å². The van der Waals surface area contributed by atoms with Gasteiger partial charge in [-0.15, -0.1) is 0 Å². The summed E-state index contributed by atoms with van der Waals surface area (Å²) >= 11 is 5.77. The Balaban J connectivity index is 2.39. The van der Waals surface area contributed by atoms with E-state index in [0.29, 0.717) is 18.8 Å². The lowest BCUT2D eigenvalue weighted by Crippen LogP contribution is -2.27. The summed E-state index contributed by atoms with van der Waals surface area (Å²) in [5.41, 5.74) is -0.170. The molecule has 0 saturated heterocycles. The Morgan fingerprint density at radius 3 is 2.65 bits per heavy atom. The fourth-order valence-electron chi connectivity index (χ4n) is 2.70. The number of benzene rings is 1. The Morgan fingerprint density at radius 2 is 2.05 bits per heavy atom. The minimum absolute atomic E-state index is 0.0495. The Morgan fingerprint density at radius 1 is 1.35 bits per heavy atom. The zero-order valence-corrected chi connectivity index (χ0v) is 12.7. The molecular weight excluding hydrogens is 300 g/mol. The molecule has 0 spiro atoms. The molecule has 2 rings (SSSR count). The minimum Gasteiger partial charge on any atom is -0.478 e. The van der Waals surface area contributed by atoms with Crippen LogP contribution in [0.3, 0.4) is 0 Å². The first-order valence-electron chi connectivity index (χ1n) is 6.59. The second kappa shape index (κ2) is 5.74. The van der Waals surface area contributed by atoms with Gasteiger partial charge in [-0.2, -0.15) is 0 Å². The molecular formula is C14H17ClO4S. The standard InChI is InChI=1S/C14H17ClO4S/c1-9-3-2-4-10(7-9)20(18,19)11-5-6-13(15)12(8-11)14(16)17/h5-6,8-10H,2-4,7H2,1H3,(H,16,17). The Hall–Kier alpha value is -1.07. The van der Waals surface area contributed by atoms with Crippen LogP contribution in [0.5, 0.6) is 0 Å². The summed E-state index contributed by atoms with van der Waals surface area (Å²) in [4.78, 5) is 11.1. The van der Waals surface area contributed by atoms with Crippen LogP contribution in [0, 0.1) is 5.92 Å². The van der Waals surface area contributed by atoms with Gasteiger partial charge in [-0.05, 0) is 37.0 Å². The van der Waals surface area contributed by atoms with Crippen LogP contribution >= 0.6 is 11.6 Å². The normalized spacial score (nSPS) is 23.5. The van der Waals surface area contributed by atoms with Crippen LogP contribution in [0.15, 0.2) is 23.1 Å². The van der Waals surface area contributed by atoms with Gasteiger partial charge in [0.15, 0.2) is 9.84 Å². The molecule has 2 atom stereocenters. The van der Waals surface area contributed by atoms with Crippen molar-refractivity contribution >= 4 is 27.4 Å². The highest BCUT2D eigenvalue weighted by Gasteiger charge is 2.32. The van der Waals surface area contributed by atoms with Gasteiger partial charge in [-0.1, -0.05) is 31.4 Å². The SMILES string of the molecule is CC1CCCC(S(=O)(=O)c2ccc(Cl)c(C(=O)O)c2)C1. The topological polar surface area (TPSA) is 71.4 Å². The molecule has 1 aliphatic rings. The minimum atomic E-state index is -3.49. The smallest absolute Gasteiger partial charge is 0.337 e. The molecule has 1 saturated carbocycles. The van der Waals surface area contributed by atoms with Crippen LogP contribution in [0.2, 0.25) is 5.02 Å². The molecule has 6 heteroatoms. The van der Waals surface area contributed by atoms with Crippen LogP contribution in [0.1, 0.15) is 43.0 Å². The highest BCUT2D eigenvalue weighted by molar-refractivity contribution is 7.92. The predicted molar refractivity (Wildman–Crippen MR) is 77.0 cm³/mol. The molecule has 1 aliphatic carbocycles. The van der Waals surface area contributed by atoms with Crippen molar-refractivity contribution in [3.63, 3.8) is 0 Å². The molecule has 1 aromatic rings.